The quantitative estimate of drug-likeness (QED) is 0.850. The van der Waals surface area contributed by atoms with E-state index in [1.54, 1.807) is 11.7 Å². The minimum absolute atomic E-state index is 0.0133. The lowest BCUT2D eigenvalue weighted by molar-refractivity contribution is -0.122. The lowest BCUT2D eigenvalue weighted by atomic mass is 10.1. The maximum Gasteiger partial charge on any atom is 0.264 e. The maximum atomic E-state index is 12.3. The van der Waals surface area contributed by atoms with Crippen LogP contribution in [0.3, 0.4) is 0 Å². The number of hydrogen-bond acceptors (Lipinski definition) is 5. The number of aromatic nitrogens is 4. The number of carbonyl (C=O) groups is 1. The van der Waals surface area contributed by atoms with Crippen LogP contribution in [0.25, 0.3) is 11.0 Å². The maximum absolute atomic E-state index is 12.3. The zero-order valence-electron chi connectivity index (χ0n) is 13.4. The molecule has 124 valence electrons. The van der Waals surface area contributed by atoms with Crippen LogP contribution in [0.15, 0.2) is 17.3 Å². The smallest absolute Gasteiger partial charge is 0.264 e. The number of hydrogen-bond donors (Lipinski definition) is 1. The predicted molar refractivity (Wildman–Crippen MR) is 84.0 cm³/mol. The third-order valence-corrected chi connectivity index (χ3v) is 4.21. The number of amides is 1. The molecule has 0 aliphatic carbocycles. The molecule has 0 radical (unpaired) electrons. The summed E-state index contributed by atoms with van der Waals surface area (Å²) < 4.78 is 8.56. The number of nitrogens with zero attached hydrogens (tertiary/aromatic N) is 4. The van der Waals surface area contributed by atoms with E-state index in [4.69, 9.17) is 4.74 Å². The van der Waals surface area contributed by atoms with Gasteiger partial charge in [-0.1, -0.05) is 0 Å². The molecule has 1 aliphatic rings. The summed E-state index contributed by atoms with van der Waals surface area (Å²) in [5.41, 5.74) is 0.366. The lowest BCUT2D eigenvalue weighted by Gasteiger charge is -2.20. The van der Waals surface area contributed by atoms with E-state index in [0.717, 1.165) is 19.4 Å². The fourth-order valence-electron chi connectivity index (χ4n) is 2.86. The van der Waals surface area contributed by atoms with Crippen molar-refractivity contribution < 1.29 is 9.53 Å². The number of rotatable bonds is 5. The van der Waals surface area contributed by atoms with Crippen molar-refractivity contribution in [1.29, 1.82) is 0 Å². The van der Waals surface area contributed by atoms with Gasteiger partial charge in [-0.3, -0.25) is 18.8 Å². The zero-order chi connectivity index (χ0) is 16.4. The Kier molecular flexibility index (Phi) is 4.42. The topological polar surface area (TPSA) is 91.0 Å². The molecule has 23 heavy (non-hydrogen) atoms. The van der Waals surface area contributed by atoms with E-state index in [2.05, 4.69) is 15.4 Å². The first-order valence-corrected chi connectivity index (χ1v) is 7.84. The van der Waals surface area contributed by atoms with E-state index in [-0.39, 0.29) is 30.0 Å². The van der Waals surface area contributed by atoms with E-state index in [0.29, 0.717) is 17.6 Å². The van der Waals surface area contributed by atoms with Crippen LogP contribution in [0.4, 0.5) is 0 Å². The third-order valence-electron chi connectivity index (χ3n) is 4.21. The van der Waals surface area contributed by atoms with Gasteiger partial charge < -0.3 is 10.1 Å². The van der Waals surface area contributed by atoms with Crippen molar-refractivity contribution in [3.05, 3.63) is 22.9 Å². The highest BCUT2D eigenvalue weighted by atomic mass is 16.5. The standard InChI is InChI=1S/C15H21N5O3/c1-10(12-4-3-7-23-12)18-13(21)5-6-20-9-16-14-11(15(20)22)8-17-19(14)2/h8-10,12H,3-7H2,1-2H3,(H,18,21)/t10-,12+/m1/s1. The first-order chi connectivity index (χ1) is 11.1. The average molecular weight is 319 g/mol. The van der Waals surface area contributed by atoms with E-state index in [1.165, 1.54) is 17.1 Å². The van der Waals surface area contributed by atoms with Crippen molar-refractivity contribution in [1.82, 2.24) is 24.6 Å². The second kappa shape index (κ2) is 6.49. The number of nitrogens with one attached hydrogen (secondary N) is 1. The lowest BCUT2D eigenvalue weighted by Crippen LogP contribution is -2.41. The number of ether oxygens (including phenoxy) is 1. The summed E-state index contributed by atoms with van der Waals surface area (Å²) in [7, 11) is 1.74. The van der Waals surface area contributed by atoms with Crippen molar-refractivity contribution in [2.24, 2.45) is 7.05 Å². The van der Waals surface area contributed by atoms with Crippen LogP contribution >= 0.6 is 0 Å². The van der Waals surface area contributed by atoms with Gasteiger partial charge in [0.15, 0.2) is 5.65 Å². The highest BCUT2D eigenvalue weighted by Gasteiger charge is 2.23. The van der Waals surface area contributed by atoms with E-state index >= 15 is 0 Å². The molecular formula is C15H21N5O3. The summed E-state index contributed by atoms with van der Waals surface area (Å²) in [6, 6.07) is -0.0133. The Labute approximate surface area is 133 Å². The molecule has 0 aromatic carbocycles. The Morgan fingerprint density at radius 1 is 1.57 bits per heavy atom. The summed E-state index contributed by atoms with van der Waals surface area (Å²) in [6.07, 6.45) is 5.29. The first-order valence-electron chi connectivity index (χ1n) is 7.84. The van der Waals surface area contributed by atoms with Gasteiger partial charge in [-0.15, -0.1) is 0 Å². The van der Waals surface area contributed by atoms with Gasteiger partial charge in [-0.25, -0.2) is 4.98 Å². The Bertz CT molecular complexity index is 760. The van der Waals surface area contributed by atoms with Gasteiger partial charge in [0, 0.05) is 26.6 Å². The molecule has 8 nitrogen and oxygen atoms in total. The van der Waals surface area contributed by atoms with Gasteiger partial charge in [0.2, 0.25) is 5.91 Å². The molecule has 1 saturated heterocycles. The van der Waals surface area contributed by atoms with Crippen LogP contribution in [-0.4, -0.2) is 44.0 Å². The van der Waals surface area contributed by atoms with Gasteiger partial charge >= 0.3 is 0 Å². The van der Waals surface area contributed by atoms with E-state index in [1.807, 2.05) is 6.92 Å². The number of fused-ring (bicyclic) bond motifs is 1. The molecule has 0 unspecified atom stereocenters. The van der Waals surface area contributed by atoms with Crippen LogP contribution in [-0.2, 0) is 23.1 Å². The van der Waals surface area contributed by atoms with Crippen LogP contribution in [0.2, 0.25) is 0 Å². The van der Waals surface area contributed by atoms with E-state index in [9.17, 15) is 9.59 Å². The van der Waals surface area contributed by atoms with Crippen molar-refractivity contribution in [3.63, 3.8) is 0 Å². The van der Waals surface area contributed by atoms with Crippen LogP contribution in [0, 0.1) is 0 Å². The van der Waals surface area contributed by atoms with Crippen molar-refractivity contribution >= 4 is 16.9 Å². The largest absolute Gasteiger partial charge is 0.376 e. The molecule has 1 aliphatic heterocycles. The molecule has 8 heteroatoms. The first kappa shape index (κ1) is 15.7. The fourth-order valence-corrected chi connectivity index (χ4v) is 2.86. The number of carbonyl (C=O) groups excluding carboxylic acids is 1. The molecule has 3 rings (SSSR count). The molecule has 0 bridgehead atoms. The predicted octanol–water partition coefficient (Wildman–Crippen LogP) is 0.204. The Balaban J connectivity index is 1.60. The second-order valence-electron chi connectivity index (χ2n) is 5.91. The zero-order valence-corrected chi connectivity index (χ0v) is 13.4. The summed E-state index contributed by atoms with van der Waals surface area (Å²) in [5, 5.41) is 7.42. The van der Waals surface area contributed by atoms with Gasteiger partial charge in [0.25, 0.3) is 5.56 Å². The Morgan fingerprint density at radius 3 is 3.13 bits per heavy atom. The fraction of sp³-hybridized carbons (Fsp3) is 0.600. The molecule has 1 fully saturated rings. The van der Waals surface area contributed by atoms with Gasteiger partial charge in [-0.05, 0) is 19.8 Å². The molecule has 1 amide bonds. The SMILES string of the molecule is C[C@@H](NC(=O)CCn1cnc2c(cnn2C)c1=O)[C@@H]1CCCO1. The Hall–Kier alpha value is -2.22. The van der Waals surface area contributed by atoms with Crippen molar-refractivity contribution in [3.8, 4) is 0 Å². The molecule has 1 N–H and O–H groups in total. The van der Waals surface area contributed by atoms with Crippen LogP contribution in [0.5, 0.6) is 0 Å². The highest BCUT2D eigenvalue weighted by Crippen LogP contribution is 2.15. The van der Waals surface area contributed by atoms with Gasteiger partial charge in [-0.2, -0.15) is 5.10 Å². The monoisotopic (exact) mass is 319 g/mol. The normalized spacial score (nSPS) is 19.1. The second-order valence-corrected chi connectivity index (χ2v) is 5.91. The Morgan fingerprint density at radius 2 is 2.39 bits per heavy atom. The van der Waals surface area contributed by atoms with Crippen LogP contribution in [0.1, 0.15) is 26.2 Å². The van der Waals surface area contributed by atoms with E-state index < -0.39 is 0 Å². The summed E-state index contributed by atoms with van der Waals surface area (Å²) in [6.45, 7) is 3.00. The summed E-state index contributed by atoms with van der Waals surface area (Å²) in [4.78, 5) is 28.6. The van der Waals surface area contributed by atoms with Gasteiger partial charge in [0.05, 0.1) is 24.7 Å². The molecule has 0 saturated carbocycles. The van der Waals surface area contributed by atoms with Crippen molar-refractivity contribution in [2.75, 3.05) is 6.61 Å². The molecule has 2 aromatic heterocycles. The molecule has 2 atom stereocenters. The third kappa shape index (κ3) is 3.26. The minimum atomic E-state index is -0.178. The molecule has 3 heterocycles. The van der Waals surface area contributed by atoms with Crippen LogP contribution < -0.4 is 10.9 Å². The summed E-state index contributed by atoms with van der Waals surface area (Å²) in [5.74, 6) is -0.0915. The minimum Gasteiger partial charge on any atom is -0.376 e. The molecule has 0 spiro atoms. The van der Waals surface area contributed by atoms with Gasteiger partial charge in [0.1, 0.15) is 5.39 Å². The highest BCUT2D eigenvalue weighted by molar-refractivity contribution is 5.76. The molecule has 2 aromatic rings. The summed E-state index contributed by atoms with van der Waals surface area (Å²) >= 11 is 0. The van der Waals surface area contributed by atoms with Crippen molar-refractivity contribution in [2.45, 2.75) is 44.9 Å². The number of aryl methyl sites for hydroxylation is 2. The molecular weight excluding hydrogens is 298 g/mol. The average Bonchev–Trinajstić information content (AvgIpc) is 3.17.